The first-order chi connectivity index (χ1) is 8.69. The van der Waals surface area contributed by atoms with Crippen molar-refractivity contribution in [3.63, 3.8) is 0 Å². The molecule has 94 valence electrons. The second-order valence-corrected chi connectivity index (χ2v) is 4.13. The normalized spacial score (nSPS) is 10.2. The lowest BCUT2D eigenvalue weighted by Crippen LogP contribution is -2.03. The number of nitrogens with one attached hydrogen (secondary N) is 1. The van der Waals surface area contributed by atoms with Gasteiger partial charge in [-0.3, -0.25) is 4.98 Å². The van der Waals surface area contributed by atoms with Crippen LogP contribution in [0.15, 0.2) is 30.5 Å². The van der Waals surface area contributed by atoms with E-state index in [0.29, 0.717) is 0 Å². The summed E-state index contributed by atoms with van der Waals surface area (Å²) in [5.74, 6) is 1.67. The van der Waals surface area contributed by atoms with Gasteiger partial charge < -0.3 is 10.1 Å². The fourth-order valence-electron chi connectivity index (χ4n) is 1.56. The van der Waals surface area contributed by atoms with Gasteiger partial charge >= 0.3 is 0 Å². The molecule has 0 saturated heterocycles. The predicted molar refractivity (Wildman–Crippen MR) is 71.8 cm³/mol. The number of methoxy groups -OCH3 is 1. The van der Waals surface area contributed by atoms with Gasteiger partial charge in [-0.2, -0.15) is 0 Å². The van der Waals surface area contributed by atoms with Crippen molar-refractivity contribution < 1.29 is 4.74 Å². The van der Waals surface area contributed by atoms with Crippen LogP contribution >= 0.6 is 0 Å². The molecule has 1 heterocycles. The largest absolute Gasteiger partial charge is 0.497 e. The molecule has 1 N–H and O–H groups in total. The quantitative estimate of drug-likeness (QED) is 0.897. The Balaban J connectivity index is 1.99. The van der Waals surface area contributed by atoms with Crippen LogP contribution in [-0.4, -0.2) is 17.1 Å². The number of anilines is 1. The maximum atomic E-state index is 5.12. The van der Waals surface area contributed by atoms with Gasteiger partial charge in [-0.05, 0) is 31.5 Å². The third kappa shape index (κ3) is 2.97. The molecule has 0 aliphatic rings. The van der Waals surface area contributed by atoms with Crippen LogP contribution in [-0.2, 0) is 6.54 Å². The number of hydrogen-bond acceptors (Lipinski definition) is 4. The molecule has 0 unspecified atom stereocenters. The lowest BCUT2D eigenvalue weighted by molar-refractivity contribution is 0.414. The number of hydrogen-bond donors (Lipinski definition) is 1. The fourth-order valence-corrected chi connectivity index (χ4v) is 1.56. The number of benzene rings is 1. The van der Waals surface area contributed by atoms with Gasteiger partial charge in [-0.15, -0.1) is 0 Å². The van der Waals surface area contributed by atoms with Gasteiger partial charge in [-0.25, -0.2) is 4.98 Å². The molecule has 1 aromatic carbocycles. The van der Waals surface area contributed by atoms with E-state index in [2.05, 4.69) is 15.3 Å². The molecule has 0 radical (unpaired) electrons. The molecule has 0 aliphatic heterocycles. The van der Waals surface area contributed by atoms with Gasteiger partial charge in [0.1, 0.15) is 11.6 Å². The molecule has 0 atom stereocenters. The third-order valence-corrected chi connectivity index (χ3v) is 2.82. The smallest absolute Gasteiger partial charge is 0.145 e. The molecule has 2 aromatic rings. The number of rotatable bonds is 4. The van der Waals surface area contributed by atoms with Crippen LogP contribution in [0, 0.1) is 13.8 Å². The SMILES string of the molecule is COc1ccc(CNc2cnc(C)c(C)n2)cc1. The maximum Gasteiger partial charge on any atom is 0.145 e. The molecular formula is C14H17N3O. The average molecular weight is 243 g/mol. The summed E-state index contributed by atoms with van der Waals surface area (Å²) in [5, 5.41) is 3.25. The van der Waals surface area contributed by atoms with E-state index in [9.17, 15) is 0 Å². The number of ether oxygens (including phenoxy) is 1. The Hall–Kier alpha value is -2.10. The van der Waals surface area contributed by atoms with E-state index in [1.165, 1.54) is 5.56 Å². The summed E-state index contributed by atoms with van der Waals surface area (Å²) < 4.78 is 5.12. The molecule has 18 heavy (non-hydrogen) atoms. The Morgan fingerprint density at radius 3 is 2.44 bits per heavy atom. The van der Waals surface area contributed by atoms with Crippen LogP contribution in [0.1, 0.15) is 17.0 Å². The van der Waals surface area contributed by atoms with E-state index >= 15 is 0 Å². The second-order valence-electron chi connectivity index (χ2n) is 4.13. The monoisotopic (exact) mass is 243 g/mol. The molecule has 0 spiro atoms. The van der Waals surface area contributed by atoms with Gasteiger partial charge in [0, 0.05) is 6.54 Å². The van der Waals surface area contributed by atoms with Crippen molar-refractivity contribution in [1.29, 1.82) is 0 Å². The molecule has 0 amide bonds. The molecule has 0 bridgehead atoms. The van der Waals surface area contributed by atoms with E-state index in [1.54, 1.807) is 13.3 Å². The lowest BCUT2D eigenvalue weighted by Gasteiger charge is -2.07. The fraction of sp³-hybridized carbons (Fsp3) is 0.286. The molecule has 2 rings (SSSR count). The number of nitrogens with zero attached hydrogens (tertiary/aromatic N) is 2. The average Bonchev–Trinajstić information content (AvgIpc) is 2.41. The Morgan fingerprint density at radius 2 is 1.83 bits per heavy atom. The summed E-state index contributed by atoms with van der Waals surface area (Å²) in [5.41, 5.74) is 3.09. The molecule has 4 nitrogen and oxygen atoms in total. The topological polar surface area (TPSA) is 47.0 Å². The molecule has 0 aliphatic carbocycles. The van der Waals surface area contributed by atoms with Crippen molar-refractivity contribution in [2.45, 2.75) is 20.4 Å². The zero-order valence-corrected chi connectivity index (χ0v) is 10.9. The van der Waals surface area contributed by atoms with Crippen LogP contribution in [0.2, 0.25) is 0 Å². The molecule has 4 heteroatoms. The highest BCUT2D eigenvalue weighted by Gasteiger charge is 1.99. The van der Waals surface area contributed by atoms with E-state index in [4.69, 9.17) is 4.74 Å². The minimum Gasteiger partial charge on any atom is -0.497 e. The predicted octanol–water partition coefficient (Wildman–Crippen LogP) is 2.71. The first kappa shape index (κ1) is 12.4. The highest BCUT2D eigenvalue weighted by Crippen LogP contribution is 2.13. The van der Waals surface area contributed by atoms with E-state index in [-0.39, 0.29) is 0 Å². The van der Waals surface area contributed by atoms with Crippen LogP contribution in [0.5, 0.6) is 5.75 Å². The van der Waals surface area contributed by atoms with Gasteiger partial charge in [0.2, 0.25) is 0 Å². The first-order valence-corrected chi connectivity index (χ1v) is 5.86. The van der Waals surface area contributed by atoms with E-state index in [0.717, 1.165) is 29.5 Å². The highest BCUT2D eigenvalue weighted by atomic mass is 16.5. The number of aryl methyl sites for hydroxylation is 2. The zero-order valence-electron chi connectivity index (χ0n) is 10.9. The van der Waals surface area contributed by atoms with Crippen molar-refractivity contribution in [1.82, 2.24) is 9.97 Å². The number of aromatic nitrogens is 2. The van der Waals surface area contributed by atoms with Gasteiger partial charge in [0.25, 0.3) is 0 Å². The first-order valence-electron chi connectivity index (χ1n) is 5.86. The van der Waals surface area contributed by atoms with Gasteiger partial charge in [0.15, 0.2) is 0 Å². The Kier molecular flexibility index (Phi) is 3.77. The maximum absolute atomic E-state index is 5.12. The molecule has 0 fully saturated rings. The third-order valence-electron chi connectivity index (χ3n) is 2.82. The van der Waals surface area contributed by atoms with Crippen LogP contribution in [0.4, 0.5) is 5.82 Å². The van der Waals surface area contributed by atoms with Gasteiger partial charge in [0.05, 0.1) is 24.7 Å². The highest BCUT2D eigenvalue weighted by molar-refractivity contribution is 5.36. The summed E-state index contributed by atoms with van der Waals surface area (Å²) in [6.45, 7) is 4.64. The second kappa shape index (κ2) is 5.49. The standard InChI is InChI=1S/C14H17N3O/c1-10-11(2)17-14(9-15-10)16-8-12-4-6-13(18-3)7-5-12/h4-7,9H,8H2,1-3H3,(H,16,17). The molecule has 1 aromatic heterocycles. The van der Waals surface area contributed by atoms with Crippen molar-refractivity contribution in [2.75, 3.05) is 12.4 Å². The van der Waals surface area contributed by atoms with Crippen molar-refractivity contribution in [3.05, 3.63) is 47.4 Å². The van der Waals surface area contributed by atoms with Crippen molar-refractivity contribution in [2.24, 2.45) is 0 Å². The van der Waals surface area contributed by atoms with Crippen LogP contribution in [0.3, 0.4) is 0 Å². The summed E-state index contributed by atoms with van der Waals surface area (Å²) in [4.78, 5) is 8.70. The van der Waals surface area contributed by atoms with Crippen LogP contribution < -0.4 is 10.1 Å². The minimum atomic E-state index is 0.723. The van der Waals surface area contributed by atoms with Gasteiger partial charge in [-0.1, -0.05) is 12.1 Å². The van der Waals surface area contributed by atoms with Crippen molar-refractivity contribution >= 4 is 5.82 Å². The van der Waals surface area contributed by atoms with Crippen molar-refractivity contribution in [3.8, 4) is 5.75 Å². The molecular weight excluding hydrogens is 226 g/mol. The summed E-state index contributed by atoms with van der Waals surface area (Å²) in [7, 11) is 1.66. The van der Waals surface area contributed by atoms with Crippen LogP contribution in [0.25, 0.3) is 0 Å². The van der Waals surface area contributed by atoms with E-state index in [1.807, 2.05) is 38.1 Å². The minimum absolute atomic E-state index is 0.723. The summed E-state index contributed by atoms with van der Waals surface area (Å²) in [6, 6.07) is 7.95. The van der Waals surface area contributed by atoms with E-state index < -0.39 is 0 Å². The Morgan fingerprint density at radius 1 is 1.11 bits per heavy atom. The Bertz CT molecular complexity index is 523. The lowest BCUT2D eigenvalue weighted by atomic mass is 10.2. The molecule has 0 saturated carbocycles. The Labute approximate surface area is 107 Å². The zero-order chi connectivity index (χ0) is 13.0. The summed E-state index contributed by atoms with van der Waals surface area (Å²) in [6.07, 6.45) is 1.76. The summed E-state index contributed by atoms with van der Waals surface area (Å²) >= 11 is 0.